The van der Waals surface area contributed by atoms with E-state index in [1.54, 1.807) is 0 Å². The maximum absolute atomic E-state index is 13.6. The highest BCUT2D eigenvalue weighted by Gasteiger charge is 2.51. The van der Waals surface area contributed by atoms with Crippen LogP contribution in [0.3, 0.4) is 0 Å². The molecule has 2 aromatic carbocycles. The Morgan fingerprint density at radius 1 is 1.06 bits per heavy atom. The molecule has 186 valence electrons. The van der Waals surface area contributed by atoms with Gasteiger partial charge in [-0.2, -0.15) is 0 Å². The molecule has 2 aliphatic heterocycles. The number of urea groups is 1. The van der Waals surface area contributed by atoms with Crippen LogP contribution in [0.25, 0.3) is 0 Å². The minimum Gasteiger partial charge on any atom is -0.399 e. The Labute approximate surface area is 211 Å². The lowest BCUT2D eigenvalue weighted by Gasteiger charge is -2.36. The summed E-state index contributed by atoms with van der Waals surface area (Å²) in [6.45, 7) is 17.2. The van der Waals surface area contributed by atoms with Crippen LogP contribution in [0.5, 0.6) is 0 Å². The number of carbonyl (C=O) groups excluding carboxylic acids is 1. The summed E-state index contributed by atoms with van der Waals surface area (Å²) in [5.74, 6) is 0. The van der Waals surface area contributed by atoms with Gasteiger partial charge in [0.1, 0.15) is 0 Å². The third-order valence-corrected chi connectivity index (χ3v) is 7.95. The second-order valence-electron chi connectivity index (χ2n) is 11.2. The van der Waals surface area contributed by atoms with Crippen molar-refractivity contribution in [1.82, 2.24) is 10.2 Å². The van der Waals surface area contributed by atoms with E-state index >= 15 is 0 Å². The third kappa shape index (κ3) is 5.05. The van der Waals surface area contributed by atoms with Crippen LogP contribution in [0.2, 0.25) is 0 Å². The highest BCUT2D eigenvalue weighted by atomic mass is 16.7. The Bertz CT molecular complexity index is 1050. The van der Waals surface area contributed by atoms with Crippen molar-refractivity contribution >= 4 is 18.6 Å². The number of nitrogens with zero attached hydrogens (tertiary/aromatic N) is 1. The summed E-state index contributed by atoms with van der Waals surface area (Å²) < 4.78 is 12.4. The van der Waals surface area contributed by atoms with E-state index in [1.165, 1.54) is 0 Å². The largest absolute Gasteiger partial charge is 0.494 e. The molecule has 2 aromatic rings. The normalized spacial score (nSPS) is 24.6. The second kappa shape index (κ2) is 9.48. The second-order valence-corrected chi connectivity index (χ2v) is 11.2. The highest BCUT2D eigenvalue weighted by Crippen LogP contribution is 2.38. The summed E-state index contributed by atoms with van der Waals surface area (Å²) in [7, 11) is -0.389. The molecule has 4 rings (SSSR count). The Hall–Kier alpha value is -2.57. The zero-order chi connectivity index (χ0) is 25.4. The van der Waals surface area contributed by atoms with E-state index in [-0.39, 0.29) is 30.4 Å². The van der Waals surface area contributed by atoms with Crippen LogP contribution >= 0.6 is 0 Å². The number of hydrogen-bond acceptors (Lipinski definition) is 3. The van der Waals surface area contributed by atoms with Crippen LogP contribution in [-0.2, 0) is 14.8 Å². The fourth-order valence-electron chi connectivity index (χ4n) is 5.18. The standard InChI is InChI=1S/C29H39BN2O3/c1-21(2)20-29(24-12-9-8-10-13-24)18-11-19-32(26(33)31-29)22(3)23-14-16-25(17-15-23)30-34-27(4,5)28(6,7)35-30/h8-10,12-17,22H,1,11,18-20H2,2-7H3,(H,31,33)/t22-,29-/m0/s1. The molecule has 0 bridgehead atoms. The lowest BCUT2D eigenvalue weighted by atomic mass is 9.78. The van der Waals surface area contributed by atoms with Gasteiger partial charge >= 0.3 is 13.1 Å². The quantitative estimate of drug-likeness (QED) is 0.431. The summed E-state index contributed by atoms with van der Waals surface area (Å²) in [6, 6.07) is 18.5. The van der Waals surface area contributed by atoms with Gasteiger partial charge in [-0.3, -0.25) is 0 Å². The van der Waals surface area contributed by atoms with Gasteiger partial charge in [0.2, 0.25) is 0 Å². The fraction of sp³-hybridized carbons (Fsp3) is 0.483. The predicted molar refractivity (Wildman–Crippen MR) is 143 cm³/mol. The Morgan fingerprint density at radius 2 is 1.66 bits per heavy atom. The van der Waals surface area contributed by atoms with Crippen molar-refractivity contribution < 1.29 is 14.1 Å². The van der Waals surface area contributed by atoms with E-state index in [2.05, 4.69) is 82.9 Å². The molecule has 2 saturated heterocycles. The van der Waals surface area contributed by atoms with E-state index in [9.17, 15) is 4.79 Å². The average molecular weight is 474 g/mol. The van der Waals surface area contributed by atoms with E-state index in [4.69, 9.17) is 9.31 Å². The van der Waals surface area contributed by atoms with Crippen LogP contribution in [0, 0.1) is 0 Å². The minimum absolute atomic E-state index is 0.0323. The Balaban J connectivity index is 1.52. The molecule has 6 heteroatoms. The van der Waals surface area contributed by atoms with Crippen molar-refractivity contribution in [1.29, 1.82) is 0 Å². The molecular weight excluding hydrogens is 435 g/mol. The first-order valence-electron chi connectivity index (χ1n) is 12.7. The van der Waals surface area contributed by atoms with Gasteiger partial charge in [-0.15, -0.1) is 6.58 Å². The maximum atomic E-state index is 13.6. The van der Waals surface area contributed by atoms with Gasteiger partial charge < -0.3 is 19.5 Å². The first-order valence-corrected chi connectivity index (χ1v) is 12.7. The van der Waals surface area contributed by atoms with E-state index in [1.807, 2.05) is 30.0 Å². The Morgan fingerprint density at radius 3 is 2.23 bits per heavy atom. The topological polar surface area (TPSA) is 50.8 Å². The highest BCUT2D eigenvalue weighted by molar-refractivity contribution is 6.62. The van der Waals surface area contributed by atoms with E-state index in [0.29, 0.717) is 6.54 Å². The van der Waals surface area contributed by atoms with Gasteiger partial charge in [-0.1, -0.05) is 60.2 Å². The van der Waals surface area contributed by atoms with E-state index in [0.717, 1.165) is 41.4 Å². The molecule has 0 radical (unpaired) electrons. The van der Waals surface area contributed by atoms with Gasteiger partial charge in [0.15, 0.2) is 0 Å². The van der Waals surface area contributed by atoms with Gasteiger partial charge in [-0.05, 0) is 77.4 Å². The van der Waals surface area contributed by atoms with Crippen LogP contribution in [-0.4, -0.2) is 35.8 Å². The first kappa shape index (κ1) is 25.5. The SMILES string of the molecule is C=C(C)C[C@]1(c2ccccc2)CCCN([C@@H](C)c2ccc(B3OC(C)(C)C(C)(C)O3)cc2)C(=O)N1. The third-order valence-electron chi connectivity index (χ3n) is 7.95. The van der Waals surface area contributed by atoms with Crippen molar-refractivity contribution in [3.05, 3.63) is 77.9 Å². The summed E-state index contributed by atoms with van der Waals surface area (Å²) in [4.78, 5) is 15.5. The molecule has 2 amide bonds. The number of amides is 2. The van der Waals surface area contributed by atoms with Gasteiger partial charge in [-0.25, -0.2) is 4.79 Å². The molecule has 2 aliphatic rings. The Kier molecular flexibility index (Phi) is 6.91. The molecule has 0 spiro atoms. The van der Waals surface area contributed by atoms with Crippen LogP contribution < -0.4 is 10.8 Å². The molecule has 0 saturated carbocycles. The predicted octanol–water partition coefficient (Wildman–Crippen LogP) is 5.71. The number of benzene rings is 2. The van der Waals surface area contributed by atoms with Crippen molar-refractivity contribution in [2.75, 3.05) is 6.54 Å². The summed E-state index contributed by atoms with van der Waals surface area (Å²) >= 11 is 0. The molecule has 35 heavy (non-hydrogen) atoms. The molecule has 2 heterocycles. The van der Waals surface area contributed by atoms with Gasteiger partial charge in [0, 0.05) is 6.54 Å². The lowest BCUT2D eigenvalue weighted by molar-refractivity contribution is 0.00578. The maximum Gasteiger partial charge on any atom is 0.494 e. The van der Waals surface area contributed by atoms with Crippen molar-refractivity contribution in [3.8, 4) is 0 Å². The number of nitrogens with one attached hydrogen (secondary N) is 1. The van der Waals surface area contributed by atoms with Crippen molar-refractivity contribution in [2.24, 2.45) is 0 Å². The van der Waals surface area contributed by atoms with Crippen molar-refractivity contribution in [3.63, 3.8) is 0 Å². The van der Waals surface area contributed by atoms with Crippen LogP contribution in [0.15, 0.2) is 66.7 Å². The van der Waals surface area contributed by atoms with Crippen LogP contribution in [0.4, 0.5) is 4.79 Å². The van der Waals surface area contributed by atoms with Gasteiger partial charge in [0.25, 0.3) is 0 Å². The molecule has 0 aromatic heterocycles. The molecular formula is C29H39BN2O3. The van der Waals surface area contributed by atoms with Gasteiger partial charge in [0.05, 0.1) is 22.8 Å². The fourth-order valence-corrected chi connectivity index (χ4v) is 5.18. The molecule has 0 unspecified atom stereocenters. The molecule has 2 atom stereocenters. The molecule has 5 nitrogen and oxygen atoms in total. The lowest BCUT2D eigenvalue weighted by Crippen LogP contribution is -2.49. The van der Waals surface area contributed by atoms with Crippen molar-refractivity contribution in [2.45, 2.75) is 83.6 Å². The number of hydrogen-bond donors (Lipinski definition) is 1. The summed E-state index contributed by atoms with van der Waals surface area (Å²) in [5, 5.41) is 3.40. The summed E-state index contributed by atoms with van der Waals surface area (Å²) in [5.41, 5.74) is 3.11. The number of rotatable bonds is 6. The summed E-state index contributed by atoms with van der Waals surface area (Å²) in [6.07, 6.45) is 2.52. The first-order chi connectivity index (χ1) is 16.4. The zero-order valence-corrected chi connectivity index (χ0v) is 22.1. The van der Waals surface area contributed by atoms with Crippen LogP contribution in [0.1, 0.15) is 78.0 Å². The zero-order valence-electron chi connectivity index (χ0n) is 22.1. The molecule has 1 N–H and O–H groups in total. The monoisotopic (exact) mass is 474 g/mol. The molecule has 0 aliphatic carbocycles. The smallest absolute Gasteiger partial charge is 0.399 e. The van der Waals surface area contributed by atoms with E-state index < -0.39 is 5.54 Å². The minimum atomic E-state index is -0.431. The average Bonchev–Trinajstić information content (AvgIpc) is 2.92. The number of carbonyl (C=O) groups is 1. The molecule has 2 fully saturated rings.